The Balaban J connectivity index is 1.90. The first-order valence-corrected chi connectivity index (χ1v) is 9.95. The number of anilines is 1. The molecule has 1 saturated heterocycles. The zero-order chi connectivity index (χ0) is 22.7. The van der Waals surface area contributed by atoms with Crippen LogP contribution in [0.4, 0.5) is 19.0 Å². The number of aryl methyl sites for hydroxylation is 1. The van der Waals surface area contributed by atoms with E-state index in [2.05, 4.69) is 15.1 Å². The van der Waals surface area contributed by atoms with Crippen molar-refractivity contribution in [3.8, 4) is 17.2 Å². The molecule has 0 atom stereocenters. The van der Waals surface area contributed by atoms with Crippen LogP contribution in [-0.2, 0) is 0 Å². The molecular weight excluding hydrogens is 445 g/mol. The molecule has 4 heterocycles. The van der Waals surface area contributed by atoms with Gasteiger partial charge in [0.25, 0.3) is 6.43 Å². The lowest BCUT2D eigenvalue weighted by Crippen LogP contribution is -2.51. The van der Waals surface area contributed by atoms with Crippen molar-refractivity contribution in [1.82, 2.24) is 19.6 Å². The van der Waals surface area contributed by atoms with Gasteiger partial charge in [0, 0.05) is 42.0 Å². The van der Waals surface area contributed by atoms with Gasteiger partial charge in [0.05, 0.1) is 16.8 Å². The van der Waals surface area contributed by atoms with Crippen LogP contribution >= 0.6 is 11.6 Å². The minimum Gasteiger partial charge on any atom is -0.389 e. The lowest BCUT2D eigenvalue weighted by molar-refractivity contribution is 0.140. The van der Waals surface area contributed by atoms with Gasteiger partial charge in [-0.05, 0) is 24.4 Å². The third-order valence-electron chi connectivity index (χ3n) is 5.50. The minimum atomic E-state index is -2.97. The molecule has 162 valence electrons. The van der Waals surface area contributed by atoms with Gasteiger partial charge in [-0.25, -0.2) is 18.2 Å². The number of aliphatic hydroxyl groups is 1. The zero-order valence-corrected chi connectivity index (χ0v) is 17.3. The van der Waals surface area contributed by atoms with Gasteiger partial charge in [0.1, 0.15) is 29.0 Å². The molecule has 5 rings (SSSR count). The highest BCUT2D eigenvalue weighted by Gasteiger charge is 2.33. The van der Waals surface area contributed by atoms with Gasteiger partial charge in [0.15, 0.2) is 5.65 Å². The number of aliphatic hydroxyl groups excluding tert-OH is 1. The molecule has 1 aliphatic rings. The Hall–Kier alpha value is -3.42. The highest BCUT2D eigenvalue weighted by Crippen LogP contribution is 2.41. The van der Waals surface area contributed by atoms with Crippen molar-refractivity contribution in [3.05, 3.63) is 52.3 Å². The van der Waals surface area contributed by atoms with Crippen molar-refractivity contribution in [1.29, 1.82) is 5.26 Å². The van der Waals surface area contributed by atoms with Gasteiger partial charge in [0.2, 0.25) is 0 Å². The van der Waals surface area contributed by atoms with E-state index in [1.54, 1.807) is 17.9 Å². The first-order valence-electron chi connectivity index (χ1n) is 9.57. The van der Waals surface area contributed by atoms with Crippen molar-refractivity contribution in [3.63, 3.8) is 0 Å². The van der Waals surface area contributed by atoms with E-state index in [-0.39, 0.29) is 29.3 Å². The fourth-order valence-electron chi connectivity index (χ4n) is 4.02. The molecule has 1 aliphatic heterocycles. The first kappa shape index (κ1) is 20.5. The molecule has 0 spiro atoms. The fraction of sp³-hybridized carbons (Fsp3) is 0.238. The summed E-state index contributed by atoms with van der Waals surface area (Å²) in [4.78, 5) is 10.4. The molecule has 7 nitrogen and oxygen atoms in total. The van der Waals surface area contributed by atoms with E-state index in [9.17, 15) is 23.5 Å². The molecule has 0 aliphatic carbocycles. The van der Waals surface area contributed by atoms with Gasteiger partial charge >= 0.3 is 0 Å². The van der Waals surface area contributed by atoms with Crippen LogP contribution in [0.5, 0.6) is 0 Å². The number of β-amino-alcohol motifs (C(OH)–C–C–N with tert-alkyl or cyclic N) is 1. The third-order valence-corrected chi connectivity index (χ3v) is 5.79. The monoisotopic (exact) mass is 458 g/mol. The Morgan fingerprint density at radius 1 is 1.28 bits per heavy atom. The average Bonchev–Trinajstić information content (AvgIpc) is 3.10. The van der Waals surface area contributed by atoms with Crippen LogP contribution in [-0.4, -0.2) is 43.9 Å². The zero-order valence-electron chi connectivity index (χ0n) is 16.5. The van der Waals surface area contributed by atoms with Gasteiger partial charge in [-0.3, -0.25) is 4.98 Å². The molecule has 4 aromatic rings. The molecule has 0 radical (unpaired) electrons. The molecule has 0 unspecified atom stereocenters. The van der Waals surface area contributed by atoms with E-state index < -0.39 is 24.0 Å². The summed E-state index contributed by atoms with van der Waals surface area (Å²) in [5.74, 6) is -0.254. The number of nitrogens with zero attached hydrogens (tertiary/aromatic N) is 6. The number of aromatic nitrogens is 4. The molecule has 1 N–H and O–H groups in total. The van der Waals surface area contributed by atoms with Crippen LogP contribution in [0.1, 0.15) is 23.4 Å². The Bertz CT molecular complexity index is 1440. The summed E-state index contributed by atoms with van der Waals surface area (Å²) in [6, 6.07) is 4.50. The predicted octanol–water partition coefficient (Wildman–Crippen LogP) is 4.04. The second-order valence-electron chi connectivity index (χ2n) is 7.54. The number of halogens is 4. The summed E-state index contributed by atoms with van der Waals surface area (Å²) >= 11 is 5.92. The van der Waals surface area contributed by atoms with E-state index in [1.807, 2.05) is 0 Å². The molecule has 11 heteroatoms. The van der Waals surface area contributed by atoms with E-state index >= 15 is 0 Å². The van der Waals surface area contributed by atoms with Crippen LogP contribution in [0.25, 0.3) is 27.5 Å². The summed E-state index contributed by atoms with van der Waals surface area (Å²) in [5.41, 5.74) is 0.392. The standard InChI is InChI=1S/C21H14ClF3N6O/c1-9-17(14-6-27-5-10-2-15(22)16(23)3-12(10)14)21(30-7-11(32)8-30)31-20(28-9)13(4-26)18(29-31)19(24)25/h2-3,5-6,11,19,32H,7-8H2,1H3. The predicted molar refractivity (Wildman–Crippen MR) is 111 cm³/mol. The topological polar surface area (TPSA) is 90.3 Å². The number of hydrogen-bond donors (Lipinski definition) is 1. The van der Waals surface area contributed by atoms with Crippen molar-refractivity contribution in [2.24, 2.45) is 0 Å². The van der Waals surface area contributed by atoms with Crippen molar-refractivity contribution in [2.45, 2.75) is 19.5 Å². The Labute approximate surface area is 184 Å². The largest absolute Gasteiger partial charge is 0.389 e. The fourth-order valence-corrected chi connectivity index (χ4v) is 4.19. The lowest BCUT2D eigenvalue weighted by Gasteiger charge is -2.39. The molecule has 1 fully saturated rings. The van der Waals surface area contributed by atoms with Crippen molar-refractivity contribution >= 4 is 33.8 Å². The molecule has 32 heavy (non-hydrogen) atoms. The van der Waals surface area contributed by atoms with E-state index in [0.717, 1.165) is 0 Å². The third kappa shape index (κ3) is 2.97. The Morgan fingerprint density at radius 2 is 2.03 bits per heavy atom. The van der Waals surface area contributed by atoms with E-state index in [1.165, 1.54) is 29.0 Å². The van der Waals surface area contributed by atoms with Crippen LogP contribution in [0.2, 0.25) is 5.02 Å². The first-order chi connectivity index (χ1) is 15.3. The molecule has 0 bridgehead atoms. The maximum absolute atomic E-state index is 14.3. The molecular formula is C21H14ClF3N6O. The second kappa shape index (κ2) is 7.32. The average molecular weight is 459 g/mol. The SMILES string of the molecule is Cc1nc2c(C#N)c(C(F)F)nn2c(N2CC(O)C2)c1-c1cncc2cc(Cl)c(F)cc12. The number of benzene rings is 1. The van der Waals surface area contributed by atoms with Crippen molar-refractivity contribution in [2.75, 3.05) is 18.0 Å². The number of hydrogen-bond acceptors (Lipinski definition) is 6. The summed E-state index contributed by atoms with van der Waals surface area (Å²) in [6.07, 6.45) is -0.516. The smallest absolute Gasteiger partial charge is 0.283 e. The van der Waals surface area contributed by atoms with Gasteiger partial charge < -0.3 is 10.0 Å². The van der Waals surface area contributed by atoms with Crippen LogP contribution in [0.3, 0.4) is 0 Å². The molecule has 3 aromatic heterocycles. The maximum atomic E-state index is 14.3. The van der Waals surface area contributed by atoms with Gasteiger partial charge in [-0.1, -0.05) is 11.6 Å². The van der Waals surface area contributed by atoms with Crippen LogP contribution in [0.15, 0.2) is 24.5 Å². The number of fused-ring (bicyclic) bond motifs is 2. The summed E-state index contributed by atoms with van der Waals surface area (Å²) in [6.45, 7) is 2.13. The maximum Gasteiger partial charge on any atom is 0.283 e. The summed E-state index contributed by atoms with van der Waals surface area (Å²) in [7, 11) is 0. The van der Waals surface area contributed by atoms with Gasteiger partial charge in [-0.2, -0.15) is 14.9 Å². The van der Waals surface area contributed by atoms with E-state index in [4.69, 9.17) is 11.6 Å². The van der Waals surface area contributed by atoms with Crippen LogP contribution < -0.4 is 4.90 Å². The lowest BCUT2D eigenvalue weighted by atomic mass is 9.98. The minimum absolute atomic E-state index is 0.0112. The molecule has 0 amide bonds. The number of alkyl halides is 2. The number of nitriles is 1. The summed E-state index contributed by atoms with van der Waals surface area (Å²) < 4.78 is 42.7. The van der Waals surface area contributed by atoms with E-state index in [0.29, 0.717) is 33.4 Å². The molecule has 0 saturated carbocycles. The Morgan fingerprint density at radius 3 is 2.69 bits per heavy atom. The highest BCUT2D eigenvalue weighted by molar-refractivity contribution is 6.31. The second-order valence-corrected chi connectivity index (χ2v) is 7.94. The van der Waals surface area contributed by atoms with Crippen LogP contribution in [0, 0.1) is 24.1 Å². The van der Waals surface area contributed by atoms with Crippen molar-refractivity contribution < 1.29 is 18.3 Å². The summed E-state index contributed by atoms with van der Waals surface area (Å²) in [5, 5.41) is 24.4. The number of pyridine rings is 1. The number of rotatable bonds is 3. The molecule has 1 aromatic carbocycles. The van der Waals surface area contributed by atoms with Gasteiger partial charge in [-0.15, -0.1) is 0 Å². The normalized spacial score (nSPS) is 14.4. The Kier molecular flexibility index (Phi) is 4.69. The quantitative estimate of drug-likeness (QED) is 0.498. The highest BCUT2D eigenvalue weighted by atomic mass is 35.5.